The third kappa shape index (κ3) is 24.1. The lowest BCUT2D eigenvalue weighted by Crippen LogP contribution is -2.31. The van der Waals surface area contributed by atoms with Gasteiger partial charge in [0.1, 0.15) is 19.0 Å². The van der Waals surface area contributed by atoms with Crippen LogP contribution in [0.1, 0.15) is 32.6 Å². The van der Waals surface area contributed by atoms with Crippen molar-refractivity contribution in [1.29, 1.82) is 0 Å². The minimum Gasteiger partial charge on any atom is -0.377 e. The van der Waals surface area contributed by atoms with Crippen LogP contribution in [-0.4, -0.2) is 96.5 Å². The van der Waals surface area contributed by atoms with Gasteiger partial charge in [0.2, 0.25) is 18.2 Å². The SMILES string of the molecule is CC(=O)CCCCCNC(=O)COCCOCCNC(=O)COCCOCCNC=O. The van der Waals surface area contributed by atoms with Gasteiger partial charge in [0.25, 0.3) is 0 Å². The quantitative estimate of drug-likeness (QED) is 0.136. The Hall–Kier alpha value is -2.08. The molecule has 0 atom stereocenters. The number of nitrogens with one attached hydrogen (secondary N) is 3. The smallest absolute Gasteiger partial charge is 0.246 e. The van der Waals surface area contributed by atoms with Crippen molar-refractivity contribution in [3.8, 4) is 0 Å². The van der Waals surface area contributed by atoms with Gasteiger partial charge in [-0.05, 0) is 19.8 Å². The van der Waals surface area contributed by atoms with E-state index in [2.05, 4.69) is 16.0 Å². The molecule has 0 heterocycles. The van der Waals surface area contributed by atoms with Crippen LogP contribution in [0.5, 0.6) is 0 Å². The normalized spacial score (nSPS) is 10.5. The van der Waals surface area contributed by atoms with Crippen molar-refractivity contribution >= 4 is 24.0 Å². The number of hydrogen-bond donors (Lipinski definition) is 3. The van der Waals surface area contributed by atoms with Crippen molar-refractivity contribution in [3.05, 3.63) is 0 Å². The maximum absolute atomic E-state index is 11.6. The molecule has 0 unspecified atom stereocenters. The first-order valence-corrected chi connectivity index (χ1v) is 10.6. The molecule has 3 amide bonds. The first-order valence-electron chi connectivity index (χ1n) is 10.6. The molecule has 0 fully saturated rings. The monoisotopic (exact) mass is 447 g/mol. The van der Waals surface area contributed by atoms with Gasteiger partial charge in [-0.2, -0.15) is 0 Å². The van der Waals surface area contributed by atoms with Crippen LogP contribution in [0.25, 0.3) is 0 Å². The zero-order valence-electron chi connectivity index (χ0n) is 18.4. The van der Waals surface area contributed by atoms with Crippen LogP contribution in [0.2, 0.25) is 0 Å². The molecule has 0 spiro atoms. The average molecular weight is 448 g/mol. The molecule has 0 aromatic carbocycles. The van der Waals surface area contributed by atoms with E-state index >= 15 is 0 Å². The Morgan fingerprint density at radius 2 is 1.23 bits per heavy atom. The van der Waals surface area contributed by atoms with E-state index in [1.807, 2.05) is 0 Å². The van der Waals surface area contributed by atoms with Gasteiger partial charge in [0, 0.05) is 26.1 Å². The number of unbranched alkanes of at least 4 members (excludes halogenated alkanes) is 2. The number of hydrogen-bond acceptors (Lipinski definition) is 8. The van der Waals surface area contributed by atoms with Gasteiger partial charge < -0.3 is 39.7 Å². The molecule has 0 aliphatic rings. The minimum atomic E-state index is -0.250. The predicted molar refractivity (Wildman–Crippen MR) is 113 cm³/mol. The Balaban J connectivity index is 3.29. The van der Waals surface area contributed by atoms with Crippen LogP contribution in [0.15, 0.2) is 0 Å². The van der Waals surface area contributed by atoms with Crippen LogP contribution >= 0.6 is 0 Å². The fourth-order valence-corrected chi connectivity index (χ4v) is 2.23. The van der Waals surface area contributed by atoms with Gasteiger partial charge in [-0.15, -0.1) is 0 Å². The molecule has 0 saturated heterocycles. The highest BCUT2D eigenvalue weighted by Gasteiger charge is 2.02. The number of amides is 3. The highest BCUT2D eigenvalue weighted by Crippen LogP contribution is 1.99. The maximum atomic E-state index is 11.6. The molecule has 0 aromatic rings. The van der Waals surface area contributed by atoms with Gasteiger partial charge in [0.05, 0.1) is 39.6 Å². The Morgan fingerprint density at radius 1 is 0.677 bits per heavy atom. The van der Waals surface area contributed by atoms with Crippen molar-refractivity contribution in [3.63, 3.8) is 0 Å². The van der Waals surface area contributed by atoms with E-state index in [1.54, 1.807) is 6.92 Å². The molecular formula is C20H37N3O8. The molecule has 11 nitrogen and oxygen atoms in total. The van der Waals surface area contributed by atoms with E-state index in [0.717, 1.165) is 19.3 Å². The van der Waals surface area contributed by atoms with Gasteiger partial charge in [0.15, 0.2) is 0 Å². The molecule has 0 aliphatic heterocycles. The summed E-state index contributed by atoms with van der Waals surface area (Å²) in [5.74, 6) is -0.238. The Morgan fingerprint density at radius 3 is 1.81 bits per heavy atom. The van der Waals surface area contributed by atoms with Crippen LogP contribution in [0, 0.1) is 0 Å². The van der Waals surface area contributed by atoms with E-state index in [0.29, 0.717) is 58.9 Å². The molecule has 180 valence electrons. The molecule has 11 heteroatoms. The lowest BCUT2D eigenvalue weighted by molar-refractivity contribution is -0.127. The third-order valence-corrected chi connectivity index (χ3v) is 3.78. The molecule has 0 radical (unpaired) electrons. The van der Waals surface area contributed by atoms with Gasteiger partial charge >= 0.3 is 0 Å². The Kier molecular flexibility index (Phi) is 21.1. The fourth-order valence-electron chi connectivity index (χ4n) is 2.23. The third-order valence-electron chi connectivity index (χ3n) is 3.78. The van der Waals surface area contributed by atoms with Gasteiger partial charge in [-0.25, -0.2) is 0 Å². The summed E-state index contributed by atoms with van der Waals surface area (Å²) in [5.41, 5.74) is 0. The Bertz CT molecular complexity index is 491. The number of ether oxygens (including phenoxy) is 4. The van der Waals surface area contributed by atoms with Crippen LogP contribution in [0.3, 0.4) is 0 Å². The molecule has 31 heavy (non-hydrogen) atoms. The summed E-state index contributed by atoms with van der Waals surface area (Å²) in [4.78, 5) is 43.9. The number of carbonyl (C=O) groups excluding carboxylic acids is 4. The Labute approximate surface area is 183 Å². The second-order valence-electron chi connectivity index (χ2n) is 6.61. The lowest BCUT2D eigenvalue weighted by atomic mass is 10.1. The summed E-state index contributed by atoms with van der Waals surface area (Å²) < 4.78 is 20.9. The zero-order valence-corrected chi connectivity index (χ0v) is 18.4. The number of rotatable bonds is 23. The standard InChI is InChI=1S/C20H37N3O8/c1-18(25)5-3-2-4-6-22-19(26)15-30-14-12-29-10-8-23-20(27)16-31-13-11-28-9-7-21-17-24/h17H,2-16H2,1H3,(H,21,24)(H,22,26)(H,23,27). The van der Waals surface area contributed by atoms with Crippen molar-refractivity contribution in [1.82, 2.24) is 16.0 Å². The van der Waals surface area contributed by atoms with E-state index in [1.165, 1.54) is 0 Å². The lowest BCUT2D eigenvalue weighted by Gasteiger charge is -2.08. The largest absolute Gasteiger partial charge is 0.377 e. The second-order valence-corrected chi connectivity index (χ2v) is 6.61. The predicted octanol–water partition coefficient (Wildman–Crippen LogP) is -0.819. The van der Waals surface area contributed by atoms with E-state index in [9.17, 15) is 19.2 Å². The number of carbonyl (C=O) groups is 4. The van der Waals surface area contributed by atoms with E-state index in [-0.39, 0.29) is 44.0 Å². The summed E-state index contributed by atoms with van der Waals surface area (Å²) in [6.45, 7) is 4.80. The van der Waals surface area contributed by atoms with Crippen molar-refractivity contribution in [2.24, 2.45) is 0 Å². The molecule has 0 aliphatic carbocycles. The number of ketones is 1. The van der Waals surface area contributed by atoms with Crippen molar-refractivity contribution in [2.45, 2.75) is 32.6 Å². The van der Waals surface area contributed by atoms with Crippen molar-refractivity contribution in [2.75, 3.05) is 72.5 Å². The first kappa shape index (κ1) is 28.9. The van der Waals surface area contributed by atoms with Gasteiger partial charge in [-0.3, -0.25) is 14.4 Å². The minimum absolute atomic E-state index is 0.0256. The first-order chi connectivity index (χ1) is 15.1. The van der Waals surface area contributed by atoms with Crippen LogP contribution in [0.4, 0.5) is 0 Å². The molecule has 0 aromatic heterocycles. The fraction of sp³-hybridized carbons (Fsp3) is 0.800. The molecule has 0 rings (SSSR count). The summed E-state index contributed by atoms with van der Waals surface area (Å²) in [7, 11) is 0. The highest BCUT2D eigenvalue weighted by molar-refractivity contribution is 5.77. The summed E-state index contributed by atoms with van der Waals surface area (Å²) in [6.07, 6.45) is 3.79. The average Bonchev–Trinajstić information content (AvgIpc) is 2.74. The van der Waals surface area contributed by atoms with E-state index < -0.39 is 0 Å². The zero-order chi connectivity index (χ0) is 23.0. The molecule has 0 bridgehead atoms. The molecular weight excluding hydrogens is 410 g/mol. The highest BCUT2D eigenvalue weighted by atomic mass is 16.5. The summed E-state index contributed by atoms with van der Waals surface area (Å²) >= 11 is 0. The maximum Gasteiger partial charge on any atom is 0.246 e. The van der Waals surface area contributed by atoms with Gasteiger partial charge in [-0.1, -0.05) is 6.42 Å². The summed E-state index contributed by atoms with van der Waals surface area (Å²) in [6, 6.07) is 0. The second kappa shape index (κ2) is 22.6. The summed E-state index contributed by atoms with van der Waals surface area (Å²) in [5, 5.41) is 7.88. The van der Waals surface area contributed by atoms with Crippen molar-refractivity contribution < 1.29 is 38.1 Å². The van der Waals surface area contributed by atoms with Crippen LogP contribution in [-0.2, 0) is 38.1 Å². The molecule has 3 N–H and O–H groups in total. The molecule has 0 saturated carbocycles. The van der Waals surface area contributed by atoms with E-state index in [4.69, 9.17) is 18.9 Å². The topological polar surface area (TPSA) is 141 Å². The number of Topliss-reactive ketones (excluding diaryl/α,β-unsaturated/α-hetero) is 1. The van der Waals surface area contributed by atoms with Crippen LogP contribution < -0.4 is 16.0 Å².